The van der Waals surface area contributed by atoms with E-state index in [1.54, 1.807) is 6.07 Å². The van der Waals surface area contributed by atoms with Gasteiger partial charge in [-0.25, -0.2) is 0 Å². The fourth-order valence-electron chi connectivity index (χ4n) is 3.03. The number of carbonyl (C=O) groups excluding carboxylic acids is 1. The van der Waals surface area contributed by atoms with Gasteiger partial charge in [-0.1, -0.05) is 18.0 Å². The zero-order chi connectivity index (χ0) is 14.3. The molecule has 7 heteroatoms. The van der Waals surface area contributed by atoms with E-state index >= 15 is 0 Å². The van der Waals surface area contributed by atoms with Crippen molar-refractivity contribution in [2.75, 3.05) is 6.54 Å². The lowest BCUT2D eigenvalue weighted by molar-refractivity contribution is -0.386. The second-order valence-electron chi connectivity index (χ2n) is 5.12. The van der Waals surface area contributed by atoms with Gasteiger partial charge in [0.1, 0.15) is 6.17 Å². The Bertz CT molecular complexity index is 578. The topological polar surface area (TPSA) is 75.5 Å². The molecule has 0 spiro atoms. The van der Waals surface area contributed by atoms with Crippen molar-refractivity contribution in [3.05, 3.63) is 38.9 Å². The average molecular weight is 296 g/mol. The molecule has 0 unspecified atom stereocenters. The Kier molecular flexibility index (Phi) is 3.35. The van der Waals surface area contributed by atoms with Gasteiger partial charge in [-0.2, -0.15) is 0 Å². The molecule has 0 aromatic heterocycles. The van der Waals surface area contributed by atoms with E-state index in [-0.39, 0.29) is 17.6 Å². The molecule has 3 rings (SSSR count). The van der Waals surface area contributed by atoms with Gasteiger partial charge in [0.2, 0.25) is 5.91 Å². The van der Waals surface area contributed by atoms with Gasteiger partial charge in [0.15, 0.2) is 0 Å². The van der Waals surface area contributed by atoms with E-state index < -0.39 is 11.1 Å². The molecule has 1 N–H and O–H groups in total. The van der Waals surface area contributed by atoms with Crippen LogP contribution in [-0.2, 0) is 4.79 Å². The Morgan fingerprint density at radius 3 is 2.95 bits per heavy atom. The molecule has 2 fully saturated rings. The Morgan fingerprint density at radius 2 is 2.20 bits per heavy atom. The highest BCUT2D eigenvalue weighted by molar-refractivity contribution is 6.30. The maximum absolute atomic E-state index is 12.0. The number of hydrogen-bond donors (Lipinski definition) is 1. The van der Waals surface area contributed by atoms with Crippen LogP contribution >= 0.6 is 11.6 Å². The Morgan fingerprint density at radius 1 is 1.40 bits per heavy atom. The van der Waals surface area contributed by atoms with Crippen molar-refractivity contribution in [3.63, 3.8) is 0 Å². The summed E-state index contributed by atoms with van der Waals surface area (Å²) in [4.78, 5) is 24.7. The number of rotatable bonds is 2. The highest BCUT2D eigenvalue weighted by Gasteiger charge is 2.43. The Balaban J connectivity index is 2.02. The summed E-state index contributed by atoms with van der Waals surface area (Å²) in [5.41, 5.74) is 0.450. The number of nitro benzene ring substituents is 1. The van der Waals surface area contributed by atoms with Crippen LogP contribution in [0.25, 0.3) is 0 Å². The summed E-state index contributed by atoms with van der Waals surface area (Å²) in [5.74, 6) is -0.0519. The van der Waals surface area contributed by atoms with Crippen molar-refractivity contribution in [1.82, 2.24) is 10.2 Å². The van der Waals surface area contributed by atoms with Crippen LogP contribution in [0.4, 0.5) is 5.69 Å². The van der Waals surface area contributed by atoms with Crippen LogP contribution in [0.1, 0.15) is 31.0 Å². The molecule has 0 aliphatic carbocycles. The standard InChI is InChI=1S/C13H14ClN3O3/c14-8-4-5-10(17(19)20)9(7-8)12-15-13(18)11-3-1-2-6-16(11)12/h4-5,7,11-12H,1-3,6H2,(H,15,18)/t11-,12+/m1/s1. The summed E-state index contributed by atoms with van der Waals surface area (Å²) >= 11 is 5.96. The van der Waals surface area contributed by atoms with Crippen LogP contribution in [-0.4, -0.2) is 28.3 Å². The molecule has 2 heterocycles. The predicted molar refractivity (Wildman–Crippen MR) is 73.3 cm³/mol. The number of halogens is 1. The molecule has 2 aliphatic heterocycles. The average Bonchev–Trinajstić information content (AvgIpc) is 2.76. The van der Waals surface area contributed by atoms with E-state index in [1.165, 1.54) is 12.1 Å². The summed E-state index contributed by atoms with van der Waals surface area (Å²) in [7, 11) is 0. The third kappa shape index (κ3) is 2.14. The van der Waals surface area contributed by atoms with E-state index in [2.05, 4.69) is 5.32 Å². The van der Waals surface area contributed by atoms with Crippen LogP contribution in [0.2, 0.25) is 5.02 Å². The van der Waals surface area contributed by atoms with E-state index in [0.29, 0.717) is 10.6 Å². The first-order valence-corrected chi connectivity index (χ1v) is 6.95. The monoisotopic (exact) mass is 295 g/mol. The molecule has 1 aromatic rings. The highest BCUT2D eigenvalue weighted by atomic mass is 35.5. The van der Waals surface area contributed by atoms with Crippen LogP contribution in [0.5, 0.6) is 0 Å². The third-order valence-corrected chi connectivity index (χ3v) is 4.17. The van der Waals surface area contributed by atoms with E-state index in [9.17, 15) is 14.9 Å². The fourth-order valence-corrected chi connectivity index (χ4v) is 3.21. The van der Waals surface area contributed by atoms with Gasteiger partial charge in [0.05, 0.1) is 16.5 Å². The summed E-state index contributed by atoms with van der Waals surface area (Å²) in [5, 5.41) is 14.5. The second kappa shape index (κ2) is 5.03. The van der Waals surface area contributed by atoms with Crippen LogP contribution < -0.4 is 5.32 Å². The largest absolute Gasteiger partial charge is 0.335 e. The van der Waals surface area contributed by atoms with E-state index in [0.717, 1.165) is 25.8 Å². The van der Waals surface area contributed by atoms with Crippen LogP contribution in [0.15, 0.2) is 18.2 Å². The van der Waals surface area contributed by atoms with Gasteiger partial charge in [0, 0.05) is 17.6 Å². The normalized spacial score (nSPS) is 26.1. The number of nitrogens with one attached hydrogen (secondary N) is 1. The Labute approximate surface area is 120 Å². The number of carbonyl (C=O) groups is 1. The Hall–Kier alpha value is -1.66. The molecule has 1 amide bonds. The van der Waals surface area contributed by atoms with Gasteiger partial charge in [-0.15, -0.1) is 0 Å². The van der Waals surface area contributed by atoms with Crippen molar-refractivity contribution >= 4 is 23.2 Å². The van der Waals surface area contributed by atoms with Gasteiger partial charge in [-0.3, -0.25) is 19.8 Å². The van der Waals surface area contributed by atoms with Crippen LogP contribution in [0, 0.1) is 10.1 Å². The number of hydrogen-bond acceptors (Lipinski definition) is 4. The molecule has 0 saturated carbocycles. The maximum atomic E-state index is 12.0. The number of benzene rings is 1. The minimum Gasteiger partial charge on any atom is -0.335 e. The first kappa shape index (κ1) is 13.3. The number of fused-ring (bicyclic) bond motifs is 1. The summed E-state index contributed by atoms with van der Waals surface area (Å²) in [6, 6.07) is 4.28. The lowest BCUT2D eigenvalue weighted by Crippen LogP contribution is -2.38. The molecule has 1 aromatic carbocycles. The lowest BCUT2D eigenvalue weighted by atomic mass is 10.0. The molecular formula is C13H14ClN3O3. The fraction of sp³-hybridized carbons (Fsp3) is 0.462. The molecule has 2 atom stereocenters. The molecule has 0 radical (unpaired) electrons. The number of amides is 1. The van der Waals surface area contributed by atoms with Crippen LogP contribution in [0.3, 0.4) is 0 Å². The van der Waals surface area contributed by atoms with E-state index in [1.807, 2.05) is 4.90 Å². The lowest BCUT2D eigenvalue weighted by Gasteiger charge is -2.31. The molecule has 106 valence electrons. The second-order valence-corrected chi connectivity index (χ2v) is 5.56. The van der Waals surface area contributed by atoms with E-state index in [4.69, 9.17) is 11.6 Å². The highest BCUT2D eigenvalue weighted by Crippen LogP contribution is 2.37. The molecular weight excluding hydrogens is 282 g/mol. The summed E-state index contributed by atoms with van der Waals surface area (Å²) in [6.45, 7) is 0.762. The van der Waals surface area contributed by atoms with Crippen molar-refractivity contribution in [2.45, 2.75) is 31.5 Å². The smallest absolute Gasteiger partial charge is 0.276 e. The zero-order valence-corrected chi connectivity index (χ0v) is 11.5. The quantitative estimate of drug-likeness (QED) is 0.670. The van der Waals surface area contributed by atoms with Crippen molar-refractivity contribution in [3.8, 4) is 0 Å². The van der Waals surface area contributed by atoms with Gasteiger partial charge < -0.3 is 5.32 Å². The number of nitro groups is 1. The summed E-state index contributed by atoms with van der Waals surface area (Å²) in [6.07, 6.45) is 2.36. The molecule has 6 nitrogen and oxygen atoms in total. The molecule has 2 saturated heterocycles. The SMILES string of the molecule is O=C1N[C@H](c2cc(Cl)ccc2[N+](=O)[O-])N2CCCC[C@H]12. The predicted octanol–water partition coefficient (Wildman–Crippen LogP) is 2.23. The summed E-state index contributed by atoms with van der Waals surface area (Å²) < 4.78 is 0. The number of piperidine rings is 1. The number of nitrogens with zero attached hydrogens (tertiary/aromatic N) is 2. The first-order valence-electron chi connectivity index (χ1n) is 6.58. The van der Waals surface area contributed by atoms with Gasteiger partial charge in [-0.05, 0) is 25.0 Å². The van der Waals surface area contributed by atoms with Gasteiger partial charge >= 0.3 is 0 Å². The first-order chi connectivity index (χ1) is 9.58. The van der Waals surface area contributed by atoms with Crippen molar-refractivity contribution < 1.29 is 9.72 Å². The molecule has 20 heavy (non-hydrogen) atoms. The minimum absolute atomic E-state index is 0.00840. The van der Waals surface area contributed by atoms with Gasteiger partial charge in [0.25, 0.3) is 5.69 Å². The van der Waals surface area contributed by atoms with Crippen molar-refractivity contribution in [2.24, 2.45) is 0 Å². The zero-order valence-electron chi connectivity index (χ0n) is 10.7. The maximum Gasteiger partial charge on any atom is 0.276 e. The van der Waals surface area contributed by atoms with Crippen molar-refractivity contribution in [1.29, 1.82) is 0 Å². The molecule has 0 bridgehead atoms. The third-order valence-electron chi connectivity index (χ3n) is 3.94. The minimum atomic E-state index is -0.452. The molecule has 2 aliphatic rings.